The van der Waals surface area contributed by atoms with Crippen molar-refractivity contribution in [3.05, 3.63) is 29.8 Å². The van der Waals surface area contributed by atoms with E-state index in [9.17, 15) is 19.8 Å². The first-order valence-corrected chi connectivity index (χ1v) is 12.8. The van der Waals surface area contributed by atoms with Crippen molar-refractivity contribution in [1.82, 2.24) is 5.32 Å². The first-order valence-electron chi connectivity index (χ1n) is 12.8. The van der Waals surface area contributed by atoms with Crippen LogP contribution in [0.1, 0.15) is 118 Å². The van der Waals surface area contributed by atoms with E-state index in [-0.39, 0.29) is 69.8 Å². The number of phenolic OH excluding ortho intramolecular Hbond substituents is 1. The Balaban J connectivity index is -0.00000341. The second kappa shape index (κ2) is 22.0. The molecule has 0 aliphatic heterocycles. The third-order valence-electron chi connectivity index (χ3n) is 6.02. The standard InChI is InChI=1S/C27H45NO4.Ba.2H/c1-2-3-4-5-6-7-8-9-10-11-12-13-14-15-16-17-26(30)28-25(27(31)32)22-23-18-20-24(29)21-19-23;;;/h18-21,25,29H,2-17,22H2,1H3,(H,28,30)(H,31,32);;;/q;+2;2*-1/t25-;;;/m0.../s1. The van der Waals surface area contributed by atoms with Crippen molar-refractivity contribution in [2.75, 3.05) is 0 Å². The average molecular weight is 587 g/mol. The molecule has 0 heterocycles. The Morgan fingerprint density at radius 2 is 1.21 bits per heavy atom. The van der Waals surface area contributed by atoms with E-state index in [1.165, 1.54) is 89.2 Å². The summed E-state index contributed by atoms with van der Waals surface area (Å²) in [6, 6.07) is 5.44. The summed E-state index contributed by atoms with van der Waals surface area (Å²) in [4.78, 5) is 23.6. The van der Waals surface area contributed by atoms with E-state index >= 15 is 0 Å². The quantitative estimate of drug-likeness (QED) is 0.119. The summed E-state index contributed by atoms with van der Waals surface area (Å²) in [5.74, 6) is -1.10. The third-order valence-corrected chi connectivity index (χ3v) is 6.02. The number of unbranched alkanes of at least 4 members (excludes halogenated alkanes) is 14. The van der Waals surface area contributed by atoms with Crippen LogP contribution >= 0.6 is 0 Å². The Labute approximate surface area is 244 Å². The number of aromatic hydroxyl groups is 1. The summed E-state index contributed by atoms with van der Waals surface area (Å²) in [6.07, 6.45) is 19.7. The molecular formula is C27H47BaNO4. The molecule has 1 rings (SSSR count). The minimum Gasteiger partial charge on any atom is -1.00 e. The Hall–Kier alpha value is -0.469. The van der Waals surface area contributed by atoms with Crippen molar-refractivity contribution in [2.24, 2.45) is 0 Å². The number of phenols is 1. The third kappa shape index (κ3) is 18.5. The van der Waals surface area contributed by atoms with Crippen LogP contribution in [0.4, 0.5) is 0 Å². The Morgan fingerprint density at radius 1 is 0.788 bits per heavy atom. The summed E-state index contributed by atoms with van der Waals surface area (Å²) in [5, 5.41) is 21.3. The SMILES string of the molecule is CCCCCCCCCCCCCCCCCC(=O)N[C@@H](Cc1ccc(O)cc1)C(=O)O.[Ba+2].[H-].[H-]. The zero-order valence-corrected chi connectivity index (χ0v) is 25.3. The fraction of sp³-hybridized carbons (Fsp3) is 0.704. The number of carboxylic acids is 1. The number of benzene rings is 1. The van der Waals surface area contributed by atoms with Gasteiger partial charge in [0, 0.05) is 12.8 Å². The van der Waals surface area contributed by atoms with Crippen molar-refractivity contribution in [3.63, 3.8) is 0 Å². The molecule has 186 valence electrons. The smallest absolute Gasteiger partial charge is 1.00 e. The molecule has 0 aromatic heterocycles. The van der Waals surface area contributed by atoms with Gasteiger partial charge in [0.25, 0.3) is 0 Å². The molecule has 33 heavy (non-hydrogen) atoms. The van der Waals surface area contributed by atoms with Crippen LogP contribution in [0.5, 0.6) is 5.75 Å². The van der Waals surface area contributed by atoms with Crippen LogP contribution in [-0.2, 0) is 16.0 Å². The molecule has 1 amide bonds. The molecule has 0 unspecified atom stereocenters. The van der Waals surface area contributed by atoms with Crippen LogP contribution in [-0.4, -0.2) is 77.0 Å². The average Bonchev–Trinajstić information content (AvgIpc) is 2.77. The van der Waals surface area contributed by atoms with Crippen molar-refractivity contribution in [1.29, 1.82) is 0 Å². The maximum absolute atomic E-state index is 12.1. The first kappa shape index (κ1) is 32.5. The normalized spacial score (nSPS) is 11.5. The summed E-state index contributed by atoms with van der Waals surface area (Å²) < 4.78 is 0. The van der Waals surface area contributed by atoms with Gasteiger partial charge >= 0.3 is 54.9 Å². The van der Waals surface area contributed by atoms with Crippen LogP contribution < -0.4 is 5.32 Å². The summed E-state index contributed by atoms with van der Waals surface area (Å²) in [5.41, 5.74) is 0.766. The number of hydrogen-bond donors (Lipinski definition) is 3. The molecule has 1 aromatic carbocycles. The Kier molecular flexibility index (Phi) is 21.7. The van der Waals surface area contributed by atoms with Gasteiger partial charge in [-0.3, -0.25) is 4.79 Å². The molecule has 6 heteroatoms. The fourth-order valence-corrected chi connectivity index (χ4v) is 3.99. The largest absolute Gasteiger partial charge is 2.00 e. The molecule has 0 saturated heterocycles. The van der Waals surface area contributed by atoms with Gasteiger partial charge in [0.15, 0.2) is 0 Å². The van der Waals surface area contributed by atoms with Crippen LogP contribution in [0.2, 0.25) is 0 Å². The minimum absolute atomic E-state index is 0. The minimum atomic E-state index is -1.04. The molecule has 3 N–H and O–H groups in total. The number of hydrogen-bond acceptors (Lipinski definition) is 3. The monoisotopic (exact) mass is 587 g/mol. The zero-order valence-electron chi connectivity index (χ0n) is 22.8. The van der Waals surface area contributed by atoms with E-state index < -0.39 is 12.0 Å². The van der Waals surface area contributed by atoms with Crippen LogP contribution in [0.15, 0.2) is 24.3 Å². The van der Waals surface area contributed by atoms with E-state index in [1.54, 1.807) is 12.1 Å². The molecule has 0 saturated carbocycles. The molecular weight excluding hydrogens is 540 g/mol. The van der Waals surface area contributed by atoms with Gasteiger partial charge in [0.2, 0.25) is 5.91 Å². The molecule has 0 bridgehead atoms. The molecule has 5 nitrogen and oxygen atoms in total. The van der Waals surface area contributed by atoms with Gasteiger partial charge in [-0.05, 0) is 24.1 Å². The number of nitrogens with one attached hydrogen (secondary N) is 1. The van der Waals surface area contributed by atoms with E-state index in [0.717, 1.165) is 24.8 Å². The maximum Gasteiger partial charge on any atom is 2.00 e. The van der Waals surface area contributed by atoms with Gasteiger partial charge in [-0.1, -0.05) is 109 Å². The number of carboxylic acid groups (broad SMARTS) is 1. The summed E-state index contributed by atoms with van der Waals surface area (Å²) >= 11 is 0. The fourth-order valence-electron chi connectivity index (χ4n) is 3.99. The van der Waals surface area contributed by atoms with Gasteiger partial charge in [0.05, 0.1) is 0 Å². The van der Waals surface area contributed by atoms with E-state index in [4.69, 9.17) is 0 Å². The van der Waals surface area contributed by atoms with Crippen molar-refractivity contribution in [2.45, 2.75) is 122 Å². The molecule has 0 radical (unpaired) electrons. The van der Waals surface area contributed by atoms with Gasteiger partial charge in [-0.25, -0.2) is 4.79 Å². The number of aliphatic carboxylic acids is 1. The molecule has 1 aromatic rings. The molecule has 0 spiro atoms. The first-order chi connectivity index (χ1) is 15.5. The second-order valence-corrected chi connectivity index (χ2v) is 9.03. The van der Waals surface area contributed by atoms with Crippen molar-refractivity contribution >= 4 is 60.8 Å². The van der Waals surface area contributed by atoms with E-state index in [2.05, 4.69) is 12.2 Å². The van der Waals surface area contributed by atoms with Crippen molar-refractivity contribution in [3.8, 4) is 5.75 Å². The van der Waals surface area contributed by atoms with Crippen LogP contribution in [0.3, 0.4) is 0 Å². The molecule has 0 aliphatic carbocycles. The predicted octanol–water partition coefficient (Wildman–Crippen LogP) is 6.61. The molecule has 1 atom stereocenters. The topological polar surface area (TPSA) is 86.6 Å². The Bertz CT molecular complexity index is 632. The van der Waals surface area contributed by atoms with Gasteiger partial charge in [-0.2, -0.15) is 0 Å². The predicted molar refractivity (Wildman–Crippen MR) is 139 cm³/mol. The number of rotatable bonds is 20. The zero-order chi connectivity index (χ0) is 23.4. The van der Waals surface area contributed by atoms with Crippen LogP contribution in [0, 0.1) is 0 Å². The number of amides is 1. The van der Waals surface area contributed by atoms with Crippen LogP contribution in [0.25, 0.3) is 0 Å². The van der Waals surface area contributed by atoms with Gasteiger partial charge in [0.1, 0.15) is 11.8 Å². The number of carbonyl (C=O) groups excluding carboxylic acids is 1. The second-order valence-electron chi connectivity index (χ2n) is 9.03. The summed E-state index contributed by atoms with van der Waals surface area (Å²) in [7, 11) is 0. The maximum atomic E-state index is 12.1. The Morgan fingerprint density at radius 3 is 1.64 bits per heavy atom. The number of carbonyl (C=O) groups is 2. The molecule has 0 aliphatic rings. The van der Waals surface area contributed by atoms with Gasteiger partial charge < -0.3 is 18.4 Å². The molecule has 0 fully saturated rings. The van der Waals surface area contributed by atoms with Gasteiger partial charge in [-0.15, -0.1) is 0 Å². The summed E-state index contributed by atoms with van der Waals surface area (Å²) in [6.45, 7) is 2.26. The van der Waals surface area contributed by atoms with E-state index in [1.807, 2.05) is 0 Å². The van der Waals surface area contributed by atoms with E-state index in [0.29, 0.717) is 6.42 Å². The van der Waals surface area contributed by atoms with Crippen molar-refractivity contribution < 1.29 is 22.7 Å².